The van der Waals surface area contributed by atoms with Gasteiger partial charge in [-0.2, -0.15) is 0 Å². The molecule has 1 atom stereocenters. The predicted molar refractivity (Wildman–Crippen MR) is 81.7 cm³/mol. The number of hydrogen-bond donors (Lipinski definition) is 0. The van der Waals surface area contributed by atoms with Gasteiger partial charge in [-0.3, -0.25) is 9.59 Å². The average molecular weight is 296 g/mol. The highest BCUT2D eigenvalue weighted by Crippen LogP contribution is 2.36. The SMILES string of the molecule is COc1cccc2c1OCC(CC(=O)c1ccccc1)C2=O. The molecule has 0 spiro atoms. The zero-order valence-electron chi connectivity index (χ0n) is 12.2. The average Bonchev–Trinajstić information content (AvgIpc) is 2.57. The van der Waals surface area contributed by atoms with Gasteiger partial charge in [0.05, 0.1) is 25.2 Å². The molecule has 4 heteroatoms. The van der Waals surface area contributed by atoms with Crippen LogP contribution < -0.4 is 9.47 Å². The smallest absolute Gasteiger partial charge is 0.173 e. The Morgan fingerprint density at radius 3 is 2.68 bits per heavy atom. The van der Waals surface area contributed by atoms with Crippen LogP contribution in [0.5, 0.6) is 11.5 Å². The number of ether oxygens (including phenoxy) is 2. The van der Waals surface area contributed by atoms with Gasteiger partial charge in [-0.15, -0.1) is 0 Å². The number of methoxy groups -OCH3 is 1. The molecule has 2 aromatic carbocycles. The minimum Gasteiger partial charge on any atom is -0.493 e. The lowest BCUT2D eigenvalue weighted by Crippen LogP contribution is -2.30. The number of carbonyl (C=O) groups is 2. The first-order chi connectivity index (χ1) is 10.7. The Balaban J connectivity index is 1.80. The van der Waals surface area contributed by atoms with Crippen LogP contribution in [0.2, 0.25) is 0 Å². The first-order valence-electron chi connectivity index (χ1n) is 7.13. The van der Waals surface area contributed by atoms with Crippen molar-refractivity contribution in [3.05, 3.63) is 59.7 Å². The summed E-state index contributed by atoms with van der Waals surface area (Å²) in [5, 5.41) is 0. The number of Topliss-reactive ketones (excluding diaryl/α,β-unsaturated/α-hetero) is 2. The second-order valence-electron chi connectivity index (χ2n) is 5.20. The van der Waals surface area contributed by atoms with E-state index < -0.39 is 5.92 Å². The number of ketones is 2. The lowest BCUT2D eigenvalue weighted by molar-refractivity contribution is 0.0764. The Hall–Kier alpha value is -2.62. The summed E-state index contributed by atoms with van der Waals surface area (Å²) >= 11 is 0. The Morgan fingerprint density at radius 2 is 1.95 bits per heavy atom. The number of hydrogen-bond acceptors (Lipinski definition) is 4. The molecule has 22 heavy (non-hydrogen) atoms. The highest BCUT2D eigenvalue weighted by atomic mass is 16.5. The van der Waals surface area contributed by atoms with Crippen molar-refractivity contribution in [1.82, 2.24) is 0 Å². The lowest BCUT2D eigenvalue weighted by Gasteiger charge is -2.25. The molecule has 0 amide bonds. The maximum absolute atomic E-state index is 12.6. The molecule has 1 aliphatic heterocycles. The second-order valence-corrected chi connectivity index (χ2v) is 5.20. The van der Waals surface area contributed by atoms with Gasteiger partial charge in [-0.25, -0.2) is 0 Å². The molecule has 0 aromatic heterocycles. The van der Waals surface area contributed by atoms with Crippen LogP contribution in [0.4, 0.5) is 0 Å². The van der Waals surface area contributed by atoms with Crippen LogP contribution in [0.15, 0.2) is 48.5 Å². The molecule has 0 bridgehead atoms. The summed E-state index contributed by atoms with van der Waals surface area (Å²) in [6, 6.07) is 14.2. The zero-order valence-corrected chi connectivity index (χ0v) is 12.2. The number of fused-ring (bicyclic) bond motifs is 1. The molecule has 3 rings (SSSR count). The van der Waals surface area contributed by atoms with Crippen LogP contribution in [-0.2, 0) is 0 Å². The molecule has 0 radical (unpaired) electrons. The molecule has 1 heterocycles. The van der Waals surface area contributed by atoms with Gasteiger partial charge in [0.25, 0.3) is 0 Å². The quantitative estimate of drug-likeness (QED) is 0.813. The number of carbonyl (C=O) groups excluding carboxylic acids is 2. The van der Waals surface area contributed by atoms with Crippen molar-refractivity contribution < 1.29 is 19.1 Å². The van der Waals surface area contributed by atoms with Crippen LogP contribution in [0, 0.1) is 5.92 Å². The normalized spacial score (nSPS) is 16.6. The summed E-state index contributed by atoms with van der Waals surface area (Å²) in [7, 11) is 1.54. The van der Waals surface area contributed by atoms with E-state index in [1.807, 2.05) is 18.2 Å². The molecule has 2 aromatic rings. The molecule has 0 saturated heterocycles. The lowest BCUT2D eigenvalue weighted by atomic mass is 9.89. The van der Waals surface area contributed by atoms with Gasteiger partial charge >= 0.3 is 0 Å². The van der Waals surface area contributed by atoms with E-state index in [2.05, 4.69) is 0 Å². The van der Waals surface area contributed by atoms with Crippen molar-refractivity contribution >= 4 is 11.6 Å². The van der Waals surface area contributed by atoms with Gasteiger partial charge in [0.1, 0.15) is 0 Å². The highest BCUT2D eigenvalue weighted by Gasteiger charge is 2.32. The Morgan fingerprint density at radius 1 is 1.18 bits per heavy atom. The Kier molecular flexibility index (Phi) is 3.92. The maximum atomic E-state index is 12.6. The van der Waals surface area contributed by atoms with Crippen LogP contribution in [0.3, 0.4) is 0 Å². The summed E-state index contributed by atoms with van der Waals surface area (Å²) in [6.45, 7) is 0.199. The van der Waals surface area contributed by atoms with E-state index in [0.29, 0.717) is 22.6 Å². The molecule has 112 valence electrons. The summed E-state index contributed by atoms with van der Waals surface area (Å²) < 4.78 is 10.9. The van der Waals surface area contributed by atoms with E-state index in [-0.39, 0.29) is 24.6 Å². The maximum Gasteiger partial charge on any atom is 0.173 e. The minimum absolute atomic E-state index is 0.0473. The van der Waals surface area contributed by atoms with E-state index in [0.717, 1.165) is 0 Å². The van der Waals surface area contributed by atoms with Crippen molar-refractivity contribution in [2.45, 2.75) is 6.42 Å². The Labute approximate surface area is 128 Å². The first-order valence-corrected chi connectivity index (χ1v) is 7.13. The molecule has 0 aliphatic carbocycles. The molecule has 0 N–H and O–H groups in total. The van der Waals surface area contributed by atoms with Crippen molar-refractivity contribution in [3.8, 4) is 11.5 Å². The second kappa shape index (κ2) is 6.02. The van der Waals surface area contributed by atoms with Crippen molar-refractivity contribution in [3.63, 3.8) is 0 Å². The standard InChI is InChI=1S/C18H16O4/c1-21-16-9-5-8-14-17(20)13(11-22-18(14)16)10-15(19)12-6-3-2-4-7-12/h2-9,13H,10-11H2,1H3. The van der Waals surface area contributed by atoms with E-state index in [1.165, 1.54) is 7.11 Å². The third kappa shape index (κ3) is 2.60. The van der Waals surface area contributed by atoms with Crippen LogP contribution >= 0.6 is 0 Å². The third-order valence-corrected chi connectivity index (χ3v) is 3.79. The van der Waals surface area contributed by atoms with Crippen molar-refractivity contribution in [1.29, 1.82) is 0 Å². The van der Waals surface area contributed by atoms with Gasteiger partial charge in [0.15, 0.2) is 23.1 Å². The number of para-hydroxylation sites is 1. The van der Waals surface area contributed by atoms with E-state index >= 15 is 0 Å². The summed E-state index contributed by atoms with van der Waals surface area (Å²) in [4.78, 5) is 24.8. The van der Waals surface area contributed by atoms with Gasteiger partial charge in [-0.1, -0.05) is 36.4 Å². The van der Waals surface area contributed by atoms with Crippen molar-refractivity contribution in [2.75, 3.05) is 13.7 Å². The van der Waals surface area contributed by atoms with Gasteiger partial charge in [0, 0.05) is 12.0 Å². The highest BCUT2D eigenvalue weighted by molar-refractivity contribution is 6.06. The fraction of sp³-hybridized carbons (Fsp3) is 0.222. The third-order valence-electron chi connectivity index (χ3n) is 3.79. The van der Waals surface area contributed by atoms with Crippen LogP contribution in [-0.4, -0.2) is 25.3 Å². The number of benzene rings is 2. The van der Waals surface area contributed by atoms with Gasteiger partial charge < -0.3 is 9.47 Å². The molecule has 4 nitrogen and oxygen atoms in total. The minimum atomic E-state index is -0.452. The summed E-state index contributed by atoms with van der Waals surface area (Å²) in [5.41, 5.74) is 1.10. The van der Waals surface area contributed by atoms with E-state index in [1.54, 1.807) is 30.3 Å². The molecule has 1 unspecified atom stereocenters. The fourth-order valence-corrected chi connectivity index (χ4v) is 2.62. The molecule has 0 fully saturated rings. The van der Waals surface area contributed by atoms with Gasteiger partial charge in [-0.05, 0) is 12.1 Å². The van der Waals surface area contributed by atoms with Gasteiger partial charge in [0.2, 0.25) is 0 Å². The van der Waals surface area contributed by atoms with E-state index in [4.69, 9.17) is 9.47 Å². The number of rotatable bonds is 4. The summed E-state index contributed by atoms with van der Waals surface area (Å²) in [6.07, 6.45) is 0.152. The molecule has 1 aliphatic rings. The molecular formula is C18H16O4. The monoisotopic (exact) mass is 296 g/mol. The van der Waals surface area contributed by atoms with Crippen molar-refractivity contribution in [2.24, 2.45) is 5.92 Å². The zero-order chi connectivity index (χ0) is 15.5. The Bertz CT molecular complexity index is 706. The van der Waals surface area contributed by atoms with E-state index in [9.17, 15) is 9.59 Å². The van der Waals surface area contributed by atoms with Crippen LogP contribution in [0.25, 0.3) is 0 Å². The molecule has 0 saturated carbocycles. The summed E-state index contributed by atoms with van der Waals surface area (Å²) in [5.74, 6) is 0.447. The predicted octanol–water partition coefficient (Wildman–Crippen LogP) is 3.16. The van der Waals surface area contributed by atoms with Crippen LogP contribution in [0.1, 0.15) is 27.1 Å². The molecular weight excluding hydrogens is 280 g/mol. The fourth-order valence-electron chi connectivity index (χ4n) is 2.62. The topological polar surface area (TPSA) is 52.6 Å². The first kappa shape index (κ1) is 14.3. The largest absolute Gasteiger partial charge is 0.493 e.